The van der Waals surface area contributed by atoms with E-state index in [-0.39, 0.29) is 24.1 Å². The van der Waals surface area contributed by atoms with Gasteiger partial charge >= 0.3 is 0 Å². The number of benzene rings is 1. The van der Waals surface area contributed by atoms with Gasteiger partial charge in [-0.15, -0.1) is 0 Å². The molecule has 1 aromatic heterocycles. The molecule has 0 radical (unpaired) electrons. The Morgan fingerprint density at radius 2 is 1.88 bits per heavy atom. The number of hydrogen-bond acceptors (Lipinski definition) is 6. The molecule has 8 heteroatoms. The van der Waals surface area contributed by atoms with E-state index < -0.39 is 6.04 Å². The summed E-state index contributed by atoms with van der Waals surface area (Å²) in [4.78, 5) is 42.9. The Kier molecular flexibility index (Phi) is 6.32. The molecule has 3 N–H and O–H groups in total. The van der Waals surface area contributed by atoms with Crippen molar-refractivity contribution >= 4 is 23.4 Å². The number of hydrogen-bond donors (Lipinski definition) is 3. The van der Waals surface area contributed by atoms with Crippen LogP contribution in [0.3, 0.4) is 0 Å². The highest BCUT2D eigenvalue weighted by atomic mass is 16.2. The molecule has 3 heterocycles. The number of rotatable bonds is 6. The summed E-state index contributed by atoms with van der Waals surface area (Å²) < 4.78 is 0. The van der Waals surface area contributed by atoms with E-state index >= 15 is 0 Å². The van der Waals surface area contributed by atoms with Gasteiger partial charge in [-0.2, -0.15) is 0 Å². The Labute approximate surface area is 199 Å². The van der Waals surface area contributed by atoms with Gasteiger partial charge in [-0.1, -0.05) is 18.9 Å². The van der Waals surface area contributed by atoms with E-state index in [0.717, 1.165) is 42.0 Å². The lowest BCUT2D eigenvalue weighted by atomic mass is 9.90. The number of aromatic nitrogens is 1. The van der Waals surface area contributed by atoms with Gasteiger partial charge in [-0.3, -0.25) is 24.7 Å². The van der Waals surface area contributed by atoms with E-state index in [1.54, 1.807) is 4.90 Å². The van der Waals surface area contributed by atoms with Crippen molar-refractivity contribution in [2.75, 3.05) is 5.32 Å². The molecule has 2 aromatic rings. The predicted molar refractivity (Wildman–Crippen MR) is 128 cm³/mol. The minimum Gasteiger partial charge on any atom is -0.381 e. The molecule has 1 aliphatic carbocycles. The quantitative estimate of drug-likeness (QED) is 0.572. The molecule has 0 spiro atoms. The first-order chi connectivity index (χ1) is 16.5. The van der Waals surface area contributed by atoms with E-state index in [1.165, 1.54) is 12.8 Å². The van der Waals surface area contributed by atoms with Crippen LogP contribution in [0.2, 0.25) is 0 Å². The van der Waals surface area contributed by atoms with Crippen molar-refractivity contribution in [1.82, 2.24) is 20.5 Å². The van der Waals surface area contributed by atoms with E-state index in [9.17, 15) is 14.4 Å². The van der Waals surface area contributed by atoms with Crippen molar-refractivity contribution in [2.24, 2.45) is 0 Å². The van der Waals surface area contributed by atoms with Crippen molar-refractivity contribution in [3.63, 3.8) is 0 Å². The second kappa shape index (κ2) is 9.54. The summed E-state index contributed by atoms with van der Waals surface area (Å²) in [6.07, 6.45) is 5.22. The molecule has 3 aliphatic rings. The summed E-state index contributed by atoms with van der Waals surface area (Å²) in [6, 6.07) is 12.0. The van der Waals surface area contributed by atoms with Crippen molar-refractivity contribution < 1.29 is 14.4 Å². The molecule has 8 nitrogen and oxygen atoms in total. The van der Waals surface area contributed by atoms with Gasteiger partial charge in [0.05, 0.1) is 5.69 Å². The van der Waals surface area contributed by atoms with Gasteiger partial charge in [-0.05, 0) is 62.1 Å². The van der Waals surface area contributed by atoms with Crippen LogP contribution < -0.4 is 16.0 Å². The largest absolute Gasteiger partial charge is 0.381 e. The lowest BCUT2D eigenvalue weighted by molar-refractivity contribution is -0.136. The van der Waals surface area contributed by atoms with Crippen molar-refractivity contribution in [3.8, 4) is 0 Å². The van der Waals surface area contributed by atoms with Crippen LogP contribution in [-0.2, 0) is 22.7 Å². The molecule has 178 valence electrons. The van der Waals surface area contributed by atoms with E-state index in [1.807, 2.05) is 37.3 Å². The first-order valence-electron chi connectivity index (χ1n) is 12.2. The maximum atomic E-state index is 12.9. The Balaban J connectivity index is 1.25. The average Bonchev–Trinajstić information content (AvgIpc) is 3.14. The molecule has 2 aliphatic heterocycles. The third kappa shape index (κ3) is 4.68. The summed E-state index contributed by atoms with van der Waals surface area (Å²) >= 11 is 0. The molecule has 3 amide bonds. The fourth-order valence-corrected chi connectivity index (χ4v) is 5.36. The number of fused-ring (bicyclic) bond motifs is 1. The van der Waals surface area contributed by atoms with Gasteiger partial charge < -0.3 is 15.5 Å². The number of amides is 3. The Hall–Kier alpha value is -3.26. The number of carbonyl (C=O) groups is 3. The summed E-state index contributed by atoms with van der Waals surface area (Å²) in [5.74, 6) is -0.792. The van der Waals surface area contributed by atoms with Gasteiger partial charge in [0.1, 0.15) is 6.04 Å². The summed E-state index contributed by atoms with van der Waals surface area (Å²) in [5.41, 5.74) is 4.62. The molecule has 2 fully saturated rings. The number of carbonyl (C=O) groups excluding carboxylic acids is 3. The number of nitrogens with one attached hydrogen (secondary N) is 3. The lowest BCUT2D eigenvalue weighted by Crippen LogP contribution is -2.52. The van der Waals surface area contributed by atoms with Crippen LogP contribution in [0, 0.1) is 6.92 Å². The normalized spacial score (nSPS) is 24.7. The van der Waals surface area contributed by atoms with Crippen LogP contribution in [0.4, 0.5) is 5.69 Å². The molecule has 1 saturated carbocycles. The predicted octanol–water partition coefficient (Wildman–Crippen LogP) is 2.66. The summed E-state index contributed by atoms with van der Waals surface area (Å²) in [6.45, 7) is 3.14. The van der Waals surface area contributed by atoms with E-state index in [2.05, 4.69) is 27.0 Å². The molecule has 2 unspecified atom stereocenters. The van der Waals surface area contributed by atoms with E-state index in [4.69, 9.17) is 0 Å². The highest BCUT2D eigenvalue weighted by molar-refractivity contribution is 6.05. The third-order valence-electron chi connectivity index (χ3n) is 7.13. The molecule has 3 atom stereocenters. The Morgan fingerprint density at radius 3 is 2.68 bits per heavy atom. The maximum absolute atomic E-state index is 12.9. The Bertz CT molecular complexity index is 1120. The van der Waals surface area contributed by atoms with Gasteiger partial charge in [-0.25, -0.2) is 0 Å². The zero-order valence-corrected chi connectivity index (χ0v) is 19.5. The lowest BCUT2D eigenvalue weighted by Gasteiger charge is -2.33. The zero-order chi connectivity index (χ0) is 23.7. The molecule has 34 heavy (non-hydrogen) atoms. The fraction of sp³-hybridized carbons (Fsp3) is 0.462. The maximum Gasteiger partial charge on any atom is 0.255 e. The third-order valence-corrected chi connectivity index (χ3v) is 7.13. The molecule has 5 rings (SSSR count). The van der Waals surface area contributed by atoms with Gasteiger partial charge in [0.2, 0.25) is 11.8 Å². The topological polar surface area (TPSA) is 103 Å². The summed E-state index contributed by atoms with van der Waals surface area (Å²) in [7, 11) is 0. The number of piperidine rings is 1. The number of imide groups is 1. The van der Waals surface area contributed by atoms with Crippen LogP contribution in [0.5, 0.6) is 0 Å². The first kappa shape index (κ1) is 22.5. The number of pyridine rings is 1. The molecule has 1 saturated heterocycles. The molecular weight excluding hydrogens is 430 g/mol. The SMILES string of the molecule is Cc1cccc(CN[C@H]2CCCCC2Nc2ccc3c(c2)CN(C2CCC(=O)NC2=O)C3=O)n1. The Morgan fingerprint density at radius 1 is 1.06 bits per heavy atom. The van der Waals surface area contributed by atoms with Gasteiger partial charge in [0, 0.05) is 48.5 Å². The second-order valence-electron chi connectivity index (χ2n) is 9.56. The van der Waals surface area contributed by atoms with Crippen LogP contribution in [0.1, 0.15) is 65.8 Å². The van der Waals surface area contributed by atoms with Gasteiger partial charge in [0.25, 0.3) is 5.91 Å². The van der Waals surface area contributed by atoms with Crippen molar-refractivity contribution in [2.45, 2.75) is 76.7 Å². The highest BCUT2D eigenvalue weighted by Crippen LogP contribution is 2.31. The van der Waals surface area contributed by atoms with Crippen molar-refractivity contribution in [1.29, 1.82) is 0 Å². The number of anilines is 1. The monoisotopic (exact) mass is 461 g/mol. The number of nitrogens with zero attached hydrogens (tertiary/aromatic N) is 2. The van der Waals surface area contributed by atoms with Crippen molar-refractivity contribution in [3.05, 3.63) is 58.9 Å². The summed E-state index contributed by atoms with van der Waals surface area (Å²) in [5, 5.41) is 9.74. The van der Waals surface area contributed by atoms with Crippen LogP contribution >= 0.6 is 0 Å². The smallest absolute Gasteiger partial charge is 0.255 e. The highest BCUT2D eigenvalue weighted by Gasteiger charge is 2.39. The standard InChI is InChI=1S/C26H31N5O3/c1-16-5-4-6-19(28-16)14-27-21-7-2-3-8-22(21)29-18-9-10-20-17(13-18)15-31(26(20)34)23-11-12-24(32)30-25(23)33/h4-6,9-10,13,21-23,27,29H,2-3,7-8,11-12,14-15H2,1H3,(H,30,32,33)/t21-,22?,23?/m0/s1. The first-order valence-corrected chi connectivity index (χ1v) is 12.2. The molecular formula is C26H31N5O3. The van der Waals surface area contributed by atoms with E-state index in [0.29, 0.717) is 30.6 Å². The number of aryl methyl sites for hydroxylation is 1. The second-order valence-corrected chi connectivity index (χ2v) is 9.56. The molecule has 0 bridgehead atoms. The fourth-order valence-electron chi connectivity index (χ4n) is 5.36. The van der Waals surface area contributed by atoms with Crippen LogP contribution in [0.15, 0.2) is 36.4 Å². The van der Waals surface area contributed by atoms with Crippen LogP contribution in [-0.4, -0.2) is 45.7 Å². The van der Waals surface area contributed by atoms with Crippen LogP contribution in [0.25, 0.3) is 0 Å². The average molecular weight is 462 g/mol. The van der Waals surface area contributed by atoms with Gasteiger partial charge in [0.15, 0.2) is 0 Å². The minimum atomic E-state index is -0.587. The molecule has 1 aromatic carbocycles. The zero-order valence-electron chi connectivity index (χ0n) is 19.5. The minimum absolute atomic E-state index is 0.140.